The van der Waals surface area contributed by atoms with Crippen LogP contribution in [0, 0.1) is 11.6 Å². The summed E-state index contributed by atoms with van der Waals surface area (Å²) in [5.41, 5.74) is 6.70. The highest BCUT2D eigenvalue weighted by molar-refractivity contribution is 7.08. The largest absolute Gasteiger partial charge is 0.364 e. The first-order valence-corrected chi connectivity index (χ1v) is 9.93. The lowest BCUT2D eigenvalue weighted by Gasteiger charge is -2.14. The van der Waals surface area contributed by atoms with Crippen LogP contribution in [0.5, 0.6) is 0 Å². The molecule has 0 spiro atoms. The van der Waals surface area contributed by atoms with Gasteiger partial charge in [-0.05, 0) is 41.8 Å². The Morgan fingerprint density at radius 3 is 2.52 bits per heavy atom. The number of carbonyl (C=O) groups excluding carboxylic acids is 1. The molecule has 0 fully saturated rings. The van der Waals surface area contributed by atoms with Crippen LogP contribution in [0.2, 0.25) is 10.0 Å². The molecule has 0 aliphatic carbocycles. The summed E-state index contributed by atoms with van der Waals surface area (Å²) in [6.07, 6.45) is 0. The first-order valence-electron chi connectivity index (χ1n) is 8.23. The lowest BCUT2D eigenvalue weighted by atomic mass is 10.1. The van der Waals surface area contributed by atoms with Crippen molar-refractivity contribution < 1.29 is 13.6 Å². The van der Waals surface area contributed by atoms with E-state index in [9.17, 15) is 13.6 Å². The minimum Gasteiger partial charge on any atom is -0.364 e. The third-order valence-electron chi connectivity index (χ3n) is 4.26. The number of aromatic nitrogens is 2. The zero-order valence-electron chi connectivity index (χ0n) is 14.5. The van der Waals surface area contributed by atoms with Gasteiger partial charge in [0.15, 0.2) is 11.5 Å². The molecule has 0 saturated heterocycles. The van der Waals surface area contributed by atoms with E-state index in [-0.39, 0.29) is 32.9 Å². The van der Waals surface area contributed by atoms with Crippen LogP contribution in [0.25, 0.3) is 28.3 Å². The summed E-state index contributed by atoms with van der Waals surface area (Å²) in [5, 5.41) is 3.36. The van der Waals surface area contributed by atoms with Crippen LogP contribution in [0.15, 0.2) is 53.2 Å². The second-order valence-electron chi connectivity index (χ2n) is 6.05. The van der Waals surface area contributed by atoms with Crippen LogP contribution >= 0.6 is 34.5 Å². The van der Waals surface area contributed by atoms with Crippen molar-refractivity contribution in [1.82, 2.24) is 9.55 Å². The van der Waals surface area contributed by atoms with Crippen LogP contribution in [-0.2, 0) is 0 Å². The summed E-state index contributed by atoms with van der Waals surface area (Å²) in [4.78, 5) is 16.6. The molecule has 4 rings (SSSR count). The van der Waals surface area contributed by atoms with Gasteiger partial charge in [-0.2, -0.15) is 11.3 Å². The molecule has 4 nitrogen and oxygen atoms in total. The smallest absolute Gasteiger partial charge is 0.269 e. The number of benzene rings is 2. The number of halogens is 4. The predicted octanol–water partition coefficient (Wildman–Crippen LogP) is 5.95. The summed E-state index contributed by atoms with van der Waals surface area (Å²) >= 11 is 13.3. The Bertz CT molecular complexity index is 1240. The Balaban J connectivity index is 2.14. The van der Waals surface area contributed by atoms with Gasteiger partial charge in [0.2, 0.25) is 0 Å². The minimum atomic E-state index is -0.821. The highest BCUT2D eigenvalue weighted by Gasteiger charge is 2.26. The number of rotatable bonds is 4. The zero-order chi connectivity index (χ0) is 20.7. The monoisotopic (exact) mass is 449 g/mol. The maximum Gasteiger partial charge on any atom is 0.269 e. The predicted molar refractivity (Wildman–Crippen MR) is 111 cm³/mol. The topological polar surface area (TPSA) is 60.9 Å². The molecule has 0 radical (unpaired) electrons. The first-order chi connectivity index (χ1) is 13.9. The third kappa shape index (κ3) is 3.42. The van der Waals surface area contributed by atoms with Gasteiger partial charge in [-0.25, -0.2) is 13.8 Å². The zero-order valence-corrected chi connectivity index (χ0v) is 16.8. The van der Waals surface area contributed by atoms with E-state index in [0.717, 1.165) is 6.07 Å². The molecule has 0 aliphatic heterocycles. The molecule has 146 valence electrons. The van der Waals surface area contributed by atoms with Gasteiger partial charge in [0.05, 0.1) is 21.4 Å². The van der Waals surface area contributed by atoms with E-state index in [2.05, 4.69) is 4.98 Å². The maximum absolute atomic E-state index is 15.0. The highest BCUT2D eigenvalue weighted by Crippen LogP contribution is 2.37. The number of thiophene rings is 1. The fraction of sp³-hybridized carbons (Fsp3) is 0. The fourth-order valence-electron chi connectivity index (χ4n) is 2.99. The Morgan fingerprint density at radius 2 is 1.86 bits per heavy atom. The summed E-state index contributed by atoms with van der Waals surface area (Å²) < 4.78 is 30.1. The van der Waals surface area contributed by atoms with Crippen LogP contribution in [-0.4, -0.2) is 15.5 Å². The molecular weight excluding hydrogens is 439 g/mol. The van der Waals surface area contributed by atoms with E-state index >= 15 is 0 Å². The lowest BCUT2D eigenvalue weighted by molar-refractivity contribution is 0.0996. The second-order valence-corrected chi connectivity index (χ2v) is 7.64. The molecule has 0 aliphatic rings. The number of imidazole rings is 1. The van der Waals surface area contributed by atoms with Crippen LogP contribution in [0.1, 0.15) is 10.5 Å². The Morgan fingerprint density at radius 1 is 1.07 bits per heavy atom. The van der Waals surface area contributed by atoms with Gasteiger partial charge in [0.25, 0.3) is 5.91 Å². The van der Waals surface area contributed by atoms with Crippen LogP contribution in [0.3, 0.4) is 0 Å². The fourth-order valence-corrected chi connectivity index (χ4v) is 3.97. The van der Waals surface area contributed by atoms with Gasteiger partial charge in [-0.1, -0.05) is 29.3 Å². The quantitative estimate of drug-likeness (QED) is 0.418. The van der Waals surface area contributed by atoms with E-state index in [1.54, 1.807) is 17.5 Å². The molecule has 2 heterocycles. The number of hydrogen-bond acceptors (Lipinski definition) is 3. The Labute approximate surface area is 178 Å². The van der Waals surface area contributed by atoms with Crippen LogP contribution in [0.4, 0.5) is 8.78 Å². The summed E-state index contributed by atoms with van der Waals surface area (Å²) in [5.74, 6) is -1.86. The van der Waals surface area contributed by atoms with Crippen LogP contribution < -0.4 is 5.73 Å². The molecule has 0 saturated carbocycles. The molecule has 2 N–H and O–H groups in total. The molecule has 2 aromatic heterocycles. The molecule has 0 bridgehead atoms. The number of primary amides is 1. The number of nitrogens with two attached hydrogens (primary N) is 1. The standard InChI is InChI=1S/C20H11Cl2F2N3OS/c21-12-2-1-3-15(16(12)24)27-18(10-4-5-14(23)13(22)8-10)17(19(25)28)26-20(27)11-6-7-29-9-11/h1-9H,(H2,25,28). The Hall–Kier alpha value is -2.74. The van der Waals surface area contributed by atoms with Gasteiger partial charge in [0, 0.05) is 16.5 Å². The van der Waals surface area contributed by atoms with Crippen molar-refractivity contribution in [3.05, 3.63) is 80.6 Å². The second kappa shape index (κ2) is 7.59. The van der Waals surface area contributed by atoms with Crippen molar-refractivity contribution in [2.24, 2.45) is 5.73 Å². The van der Waals surface area contributed by atoms with E-state index < -0.39 is 17.5 Å². The maximum atomic E-state index is 15.0. The highest BCUT2D eigenvalue weighted by atomic mass is 35.5. The minimum absolute atomic E-state index is 0.0640. The third-order valence-corrected chi connectivity index (χ3v) is 5.52. The number of amides is 1. The van der Waals surface area contributed by atoms with E-state index in [0.29, 0.717) is 11.1 Å². The SMILES string of the molecule is NC(=O)c1nc(-c2ccsc2)n(-c2cccc(Cl)c2F)c1-c1ccc(F)c(Cl)c1. The van der Waals surface area contributed by atoms with Gasteiger partial charge in [0.1, 0.15) is 11.6 Å². The van der Waals surface area contributed by atoms with Gasteiger partial charge >= 0.3 is 0 Å². The lowest BCUT2D eigenvalue weighted by Crippen LogP contribution is -2.13. The van der Waals surface area contributed by atoms with E-state index in [1.165, 1.54) is 40.2 Å². The molecule has 0 unspecified atom stereocenters. The molecule has 4 aromatic rings. The van der Waals surface area contributed by atoms with Crippen molar-refractivity contribution in [2.45, 2.75) is 0 Å². The van der Waals surface area contributed by atoms with Gasteiger partial charge in [-0.15, -0.1) is 0 Å². The normalized spacial score (nSPS) is 11.0. The number of hydrogen-bond donors (Lipinski definition) is 1. The van der Waals surface area contributed by atoms with Gasteiger partial charge < -0.3 is 5.73 Å². The van der Waals surface area contributed by atoms with Crippen molar-refractivity contribution in [3.8, 4) is 28.3 Å². The molecule has 1 amide bonds. The van der Waals surface area contributed by atoms with Crippen molar-refractivity contribution in [3.63, 3.8) is 0 Å². The molecular formula is C20H11Cl2F2N3OS. The first kappa shape index (κ1) is 19.6. The van der Waals surface area contributed by atoms with Crippen molar-refractivity contribution in [2.75, 3.05) is 0 Å². The van der Waals surface area contributed by atoms with Gasteiger partial charge in [-0.3, -0.25) is 9.36 Å². The summed E-state index contributed by atoms with van der Waals surface area (Å²) in [6.45, 7) is 0. The number of nitrogens with zero attached hydrogens (tertiary/aromatic N) is 2. The summed E-state index contributed by atoms with van der Waals surface area (Å²) in [7, 11) is 0. The number of carbonyl (C=O) groups is 1. The molecule has 29 heavy (non-hydrogen) atoms. The van der Waals surface area contributed by atoms with Crippen molar-refractivity contribution >= 4 is 40.4 Å². The average Bonchev–Trinajstić information content (AvgIpc) is 3.34. The summed E-state index contributed by atoms with van der Waals surface area (Å²) in [6, 6.07) is 10.2. The van der Waals surface area contributed by atoms with E-state index in [4.69, 9.17) is 28.9 Å². The van der Waals surface area contributed by atoms with E-state index in [1.807, 2.05) is 5.38 Å². The Kier molecular flexibility index (Phi) is 5.12. The van der Waals surface area contributed by atoms with Crippen molar-refractivity contribution in [1.29, 1.82) is 0 Å². The molecule has 2 aromatic carbocycles. The molecule has 0 atom stereocenters. The molecule has 9 heteroatoms. The average molecular weight is 450 g/mol.